The summed E-state index contributed by atoms with van der Waals surface area (Å²) >= 11 is 0. The van der Waals surface area contributed by atoms with E-state index in [0.717, 1.165) is 21.6 Å². The Labute approximate surface area is 203 Å². The zero-order valence-corrected chi connectivity index (χ0v) is 19.9. The van der Waals surface area contributed by atoms with Gasteiger partial charge in [-0.05, 0) is 51.5 Å². The van der Waals surface area contributed by atoms with Gasteiger partial charge in [-0.25, -0.2) is 22.0 Å². The molecule has 11 heteroatoms. The van der Waals surface area contributed by atoms with Crippen LogP contribution in [-0.4, -0.2) is 25.5 Å². The van der Waals surface area contributed by atoms with Gasteiger partial charge in [-0.3, -0.25) is 14.2 Å². The number of nitrogens with one attached hydrogen (secondary N) is 1. The van der Waals surface area contributed by atoms with Crippen molar-refractivity contribution in [3.8, 4) is 0 Å². The van der Waals surface area contributed by atoms with Gasteiger partial charge in [0.05, 0.1) is 41.4 Å². The van der Waals surface area contributed by atoms with Gasteiger partial charge in [-0.1, -0.05) is 12.1 Å². The number of amides is 1. The van der Waals surface area contributed by atoms with Crippen LogP contribution in [0.2, 0.25) is 0 Å². The molecule has 2 aromatic heterocycles. The quantitative estimate of drug-likeness (QED) is 0.219. The van der Waals surface area contributed by atoms with Gasteiger partial charge >= 0.3 is 0 Å². The van der Waals surface area contributed by atoms with Crippen LogP contribution in [0.25, 0.3) is 0 Å². The van der Waals surface area contributed by atoms with E-state index in [1.54, 1.807) is 31.2 Å². The van der Waals surface area contributed by atoms with Crippen molar-refractivity contribution in [3.63, 3.8) is 0 Å². The summed E-state index contributed by atoms with van der Waals surface area (Å²) in [6, 6.07) is 8.88. The Hall–Kier alpha value is -4.02. The van der Waals surface area contributed by atoms with Gasteiger partial charge in [0.2, 0.25) is 5.82 Å². The lowest BCUT2D eigenvalue weighted by molar-refractivity contribution is 0.102. The van der Waals surface area contributed by atoms with Crippen LogP contribution in [-0.2, 0) is 13.1 Å². The summed E-state index contributed by atoms with van der Waals surface area (Å²) in [5.41, 5.74) is 3.08. The maximum Gasteiger partial charge on any atom is 0.255 e. The lowest BCUT2D eigenvalue weighted by Gasteiger charge is -2.10. The summed E-state index contributed by atoms with van der Waals surface area (Å²) < 4.78 is 71.6. The molecule has 0 spiro atoms. The number of hydrogen-bond donors (Lipinski definition) is 1. The molecular formula is C25H22F5N5O. The minimum Gasteiger partial charge on any atom is -0.319 e. The minimum atomic E-state index is -2.23. The largest absolute Gasteiger partial charge is 0.319 e. The molecule has 0 saturated carbocycles. The highest BCUT2D eigenvalue weighted by Crippen LogP contribution is 2.26. The van der Waals surface area contributed by atoms with Crippen LogP contribution in [0.3, 0.4) is 0 Å². The third kappa shape index (κ3) is 4.60. The summed E-state index contributed by atoms with van der Waals surface area (Å²) in [5.74, 6) is -10.6. The summed E-state index contributed by atoms with van der Waals surface area (Å²) in [6.07, 6.45) is 0. The first kappa shape index (κ1) is 25.1. The third-order valence-corrected chi connectivity index (χ3v) is 5.88. The van der Waals surface area contributed by atoms with Gasteiger partial charge in [-0.2, -0.15) is 10.2 Å². The molecule has 36 heavy (non-hydrogen) atoms. The molecule has 6 nitrogen and oxygen atoms in total. The predicted molar refractivity (Wildman–Crippen MR) is 122 cm³/mol. The average molecular weight is 503 g/mol. The van der Waals surface area contributed by atoms with Gasteiger partial charge < -0.3 is 5.32 Å². The topological polar surface area (TPSA) is 64.7 Å². The van der Waals surface area contributed by atoms with Crippen molar-refractivity contribution in [2.24, 2.45) is 0 Å². The number of rotatable bonds is 6. The van der Waals surface area contributed by atoms with Crippen LogP contribution in [0.15, 0.2) is 30.3 Å². The Bertz CT molecular complexity index is 1440. The number of benzene rings is 2. The second kappa shape index (κ2) is 9.56. The van der Waals surface area contributed by atoms with Crippen LogP contribution in [0, 0.1) is 56.8 Å². The fraction of sp³-hybridized carbons (Fsp3) is 0.240. The zero-order chi connectivity index (χ0) is 26.3. The maximum atomic E-state index is 14.1. The fourth-order valence-electron chi connectivity index (χ4n) is 3.93. The van der Waals surface area contributed by atoms with Crippen LogP contribution in [0.4, 0.5) is 27.6 Å². The van der Waals surface area contributed by atoms with Crippen LogP contribution >= 0.6 is 0 Å². The Kier molecular flexibility index (Phi) is 6.66. The zero-order valence-electron chi connectivity index (χ0n) is 19.9. The molecule has 1 amide bonds. The van der Waals surface area contributed by atoms with Crippen LogP contribution < -0.4 is 5.32 Å². The molecular weight excluding hydrogens is 481 g/mol. The van der Waals surface area contributed by atoms with Gasteiger partial charge in [0.25, 0.3) is 5.91 Å². The van der Waals surface area contributed by atoms with Crippen molar-refractivity contribution in [1.82, 2.24) is 19.6 Å². The standard InChI is InChI=1S/C25H22F5N5O/c1-12-9-13(2)34(32-12)10-16-5-7-17(8-6-16)25(36)31-24-14(3)33-35(15(24)4)11-18-19(26)21(28)23(30)22(29)20(18)27/h5-9H,10-11H2,1-4H3,(H,31,36). The van der Waals surface area contributed by atoms with Crippen molar-refractivity contribution in [3.05, 3.63) is 98.9 Å². The number of aromatic nitrogens is 4. The minimum absolute atomic E-state index is 0.274. The number of hydrogen-bond acceptors (Lipinski definition) is 3. The number of anilines is 1. The average Bonchev–Trinajstić information content (AvgIpc) is 3.30. The van der Waals surface area contributed by atoms with E-state index in [4.69, 9.17) is 0 Å². The van der Waals surface area contributed by atoms with E-state index in [2.05, 4.69) is 15.5 Å². The van der Waals surface area contributed by atoms with E-state index in [-0.39, 0.29) is 11.4 Å². The summed E-state index contributed by atoms with van der Waals surface area (Å²) in [4.78, 5) is 12.8. The molecule has 0 radical (unpaired) electrons. The molecule has 0 aliphatic carbocycles. The number of halogens is 5. The lowest BCUT2D eigenvalue weighted by Crippen LogP contribution is -2.15. The predicted octanol–water partition coefficient (Wildman–Crippen LogP) is 5.36. The molecule has 0 bridgehead atoms. The van der Waals surface area contributed by atoms with Crippen molar-refractivity contribution in [2.75, 3.05) is 5.32 Å². The molecule has 4 aromatic rings. The molecule has 0 saturated heterocycles. The van der Waals surface area contributed by atoms with Crippen molar-refractivity contribution >= 4 is 11.6 Å². The van der Waals surface area contributed by atoms with Crippen LogP contribution in [0.1, 0.15) is 44.3 Å². The normalized spacial score (nSPS) is 11.2. The molecule has 4 rings (SSSR count). The fourth-order valence-corrected chi connectivity index (χ4v) is 3.93. The molecule has 0 atom stereocenters. The maximum absolute atomic E-state index is 14.1. The van der Waals surface area contributed by atoms with E-state index in [1.807, 2.05) is 24.6 Å². The van der Waals surface area contributed by atoms with Crippen molar-refractivity contribution in [1.29, 1.82) is 0 Å². The Morgan fingerprint density at radius 1 is 0.806 bits per heavy atom. The van der Waals surface area contributed by atoms with Gasteiger partial charge in [0.15, 0.2) is 23.3 Å². The Morgan fingerprint density at radius 3 is 1.94 bits per heavy atom. The molecule has 0 aliphatic heterocycles. The van der Waals surface area contributed by atoms with E-state index in [0.29, 0.717) is 17.8 Å². The first-order valence-electron chi connectivity index (χ1n) is 10.9. The third-order valence-electron chi connectivity index (χ3n) is 5.88. The SMILES string of the molecule is Cc1cc(C)n(Cc2ccc(C(=O)Nc3c(C)nn(Cc4c(F)c(F)c(F)c(F)c4F)c3C)cc2)n1. The van der Waals surface area contributed by atoms with Crippen LogP contribution in [0.5, 0.6) is 0 Å². The lowest BCUT2D eigenvalue weighted by atomic mass is 10.1. The summed E-state index contributed by atoms with van der Waals surface area (Å²) in [7, 11) is 0. The van der Waals surface area contributed by atoms with E-state index in [1.165, 1.54) is 6.92 Å². The molecule has 1 N–H and O–H groups in total. The molecule has 0 fully saturated rings. The monoisotopic (exact) mass is 503 g/mol. The highest BCUT2D eigenvalue weighted by molar-refractivity contribution is 6.04. The molecule has 188 valence electrons. The summed E-state index contributed by atoms with van der Waals surface area (Å²) in [5, 5.41) is 11.2. The summed E-state index contributed by atoms with van der Waals surface area (Å²) in [6.45, 7) is 6.76. The number of aryl methyl sites for hydroxylation is 3. The van der Waals surface area contributed by atoms with Gasteiger partial charge in [0, 0.05) is 11.3 Å². The van der Waals surface area contributed by atoms with Crippen molar-refractivity contribution in [2.45, 2.75) is 40.8 Å². The first-order chi connectivity index (χ1) is 17.0. The number of carbonyl (C=O) groups excluding carboxylic acids is 1. The molecule has 2 heterocycles. The number of carbonyl (C=O) groups is 1. The second-order valence-electron chi connectivity index (χ2n) is 8.49. The van der Waals surface area contributed by atoms with E-state index < -0.39 is 47.1 Å². The molecule has 0 aliphatic rings. The Morgan fingerprint density at radius 2 is 1.39 bits per heavy atom. The second-order valence-corrected chi connectivity index (χ2v) is 8.49. The Balaban J connectivity index is 1.52. The number of nitrogens with zero attached hydrogens (tertiary/aromatic N) is 4. The van der Waals surface area contributed by atoms with Gasteiger partial charge in [0.1, 0.15) is 0 Å². The van der Waals surface area contributed by atoms with E-state index in [9.17, 15) is 26.7 Å². The first-order valence-corrected chi connectivity index (χ1v) is 10.9. The molecule has 0 unspecified atom stereocenters. The smallest absolute Gasteiger partial charge is 0.255 e. The van der Waals surface area contributed by atoms with Gasteiger partial charge in [-0.15, -0.1) is 0 Å². The highest BCUT2D eigenvalue weighted by atomic mass is 19.2. The van der Waals surface area contributed by atoms with E-state index >= 15 is 0 Å². The highest BCUT2D eigenvalue weighted by Gasteiger charge is 2.27. The van der Waals surface area contributed by atoms with Crippen molar-refractivity contribution < 1.29 is 26.7 Å². The molecule has 2 aromatic carbocycles.